The van der Waals surface area contributed by atoms with Crippen molar-refractivity contribution in [1.29, 1.82) is 0 Å². The van der Waals surface area contributed by atoms with Crippen LogP contribution in [0.15, 0.2) is 0 Å². The zero-order chi connectivity index (χ0) is 6.78. The molecule has 0 aromatic carbocycles. The van der Waals surface area contributed by atoms with Gasteiger partial charge >= 0.3 is 7.68 Å². The molecular weight excluding hydrogens is 170 g/mol. The zero-order valence-corrected chi connectivity index (χ0v) is 9.03. The fourth-order valence-corrected chi connectivity index (χ4v) is 1.13. The van der Waals surface area contributed by atoms with E-state index in [9.17, 15) is 8.76 Å². The van der Waals surface area contributed by atoms with Crippen LogP contribution < -0.4 is 0 Å². The first-order valence-electron chi connectivity index (χ1n) is 2.37. The topological polar surface area (TPSA) is 26.3 Å². The fourth-order valence-electron chi connectivity index (χ4n) is 0.377. The van der Waals surface area contributed by atoms with Crippen molar-refractivity contribution in [2.75, 3.05) is 6.66 Å². The Bertz CT molecular complexity index is 111. The van der Waals surface area contributed by atoms with E-state index in [4.69, 9.17) is 0 Å². The van der Waals surface area contributed by atoms with Gasteiger partial charge in [0.1, 0.15) is 0 Å². The van der Waals surface area contributed by atoms with Crippen LogP contribution in [0.4, 0.5) is 4.20 Å². The van der Waals surface area contributed by atoms with Gasteiger partial charge < -0.3 is 4.52 Å². The summed E-state index contributed by atoms with van der Waals surface area (Å²) in [4.78, 5) is 0. The Morgan fingerprint density at radius 2 is 1.89 bits per heavy atom. The molecule has 0 N–H and O–H groups in total. The Labute approximate surface area is 84.7 Å². The first-order chi connectivity index (χ1) is 3.42. The Morgan fingerprint density at radius 1 is 1.56 bits per heavy atom. The molecule has 0 heterocycles. The van der Waals surface area contributed by atoms with Crippen molar-refractivity contribution in [2.45, 2.75) is 20.0 Å². The van der Waals surface area contributed by atoms with Crippen LogP contribution in [-0.2, 0) is 9.09 Å². The molecule has 0 fully saturated rings. The molecule has 9 heavy (non-hydrogen) atoms. The molecule has 2 nitrogen and oxygen atoms in total. The summed E-state index contributed by atoms with van der Waals surface area (Å²) in [7, 11) is -3.72. The molecule has 0 bridgehead atoms. The van der Waals surface area contributed by atoms with Crippen molar-refractivity contribution < 1.29 is 13.3 Å². The smallest absolute Gasteiger partial charge is 0.303 e. The Balaban J connectivity index is 0. The monoisotopic (exact) mass is 180 g/mol. The zero-order valence-electron chi connectivity index (χ0n) is 5.93. The van der Waals surface area contributed by atoms with Gasteiger partial charge in [-0.15, -0.1) is 0 Å². The van der Waals surface area contributed by atoms with E-state index in [2.05, 4.69) is 4.52 Å². The molecule has 0 aromatic rings. The van der Waals surface area contributed by atoms with Crippen molar-refractivity contribution in [3.8, 4) is 0 Å². The normalized spacial score (nSPS) is 16.6. The van der Waals surface area contributed by atoms with Crippen molar-refractivity contribution in [3.05, 3.63) is 0 Å². The van der Waals surface area contributed by atoms with Crippen LogP contribution in [0.5, 0.6) is 0 Å². The third kappa shape index (κ3) is 12.6. The van der Waals surface area contributed by atoms with Crippen molar-refractivity contribution in [3.63, 3.8) is 0 Å². The summed E-state index contributed by atoms with van der Waals surface area (Å²) >= 11 is 0. The molecule has 0 spiro atoms. The van der Waals surface area contributed by atoms with E-state index in [0.29, 0.717) is 0 Å². The standard InChI is InChI=1S/C4H10FO2P.Ca/c1-4(2)7-8(3,5)6;/h4H,1-3H3;. The predicted molar refractivity (Wildman–Crippen MR) is 36.6 cm³/mol. The molecule has 0 saturated carbocycles. The van der Waals surface area contributed by atoms with Crippen LogP contribution >= 0.6 is 7.68 Å². The van der Waals surface area contributed by atoms with E-state index in [1.165, 1.54) is 0 Å². The van der Waals surface area contributed by atoms with Crippen LogP contribution in [0.3, 0.4) is 0 Å². The van der Waals surface area contributed by atoms with E-state index in [0.717, 1.165) is 6.66 Å². The van der Waals surface area contributed by atoms with E-state index in [-0.39, 0.29) is 43.8 Å². The second-order valence-corrected chi connectivity index (χ2v) is 3.61. The Hall–Kier alpha value is 1.38. The maximum Gasteiger partial charge on any atom is 0.364 e. The number of hydrogen-bond donors (Lipinski definition) is 0. The van der Waals surface area contributed by atoms with Crippen LogP contribution in [0, 0.1) is 0 Å². The summed E-state index contributed by atoms with van der Waals surface area (Å²) < 4.78 is 26.4. The van der Waals surface area contributed by atoms with E-state index >= 15 is 0 Å². The van der Waals surface area contributed by atoms with Gasteiger partial charge in [0, 0.05) is 44.4 Å². The van der Waals surface area contributed by atoms with Gasteiger partial charge in [-0.1, -0.05) is 0 Å². The van der Waals surface area contributed by atoms with Crippen molar-refractivity contribution in [1.82, 2.24) is 0 Å². The number of halogens is 1. The minimum atomic E-state index is -3.72. The molecule has 2 radical (unpaired) electrons. The van der Waals surface area contributed by atoms with Gasteiger partial charge in [-0.25, -0.2) is 0 Å². The third-order valence-corrected chi connectivity index (χ3v) is 1.20. The molecule has 1 atom stereocenters. The largest absolute Gasteiger partial charge is 0.364 e. The fraction of sp³-hybridized carbons (Fsp3) is 1.00. The summed E-state index contributed by atoms with van der Waals surface area (Å²) in [5.41, 5.74) is 0. The molecule has 1 unspecified atom stereocenters. The first kappa shape index (κ1) is 13.0. The molecule has 0 aliphatic rings. The van der Waals surface area contributed by atoms with E-state index < -0.39 is 7.68 Å². The van der Waals surface area contributed by atoms with Crippen LogP contribution in [0.25, 0.3) is 0 Å². The Kier molecular flexibility index (Phi) is 7.35. The minimum absolute atomic E-state index is 0. The predicted octanol–water partition coefficient (Wildman–Crippen LogP) is 1.82. The molecule has 5 heteroatoms. The van der Waals surface area contributed by atoms with Crippen molar-refractivity contribution in [2.24, 2.45) is 0 Å². The molecule has 0 aromatic heterocycles. The maximum absolute atomic E-state index is 12.0. The van der Waals surface area contributed by atoms with Gasteiger partial charge in [0.05, 0.1) is 6.10 Å². The minimum Gasteiger partial charge on any atom is -0.303 e. The van der Waals surface area contributed by atoms with Crippen LogP contribution in [0.1, 0.15) is 13.8 Å². The summed E-state index contributed by atoms with van der Waals surface area (Å²) in [5.74, 6) is 0. The molecule has 0 rings (SSSR count). The SMILES string of the molecule is CC(C)OP(C)(=O)F.[Ca]. The third-order valence-electron chi connectivity index (χ3n) is 0.399. The maximum atomic E-state index is 12.0. The van der Waals surface area contributed by atoms with Gasteiger partial charge in [0.25, 0.3) is 0 Å². The van der Waals surface area contributed by atoms with Gasteiger partial charge in [0.15, 0.2) is 0 Å². The molecule has 0 aliphatic carbocycles. The molecule has 0 aliphatic heterocycles. The quantitative estimate of drug-likeness (QED) is 0.478. The van der Waals surface area contributed by atoms with Gasteiger partial charge in [0.2, 0.25) is 0 Å². The van der Waals surface area contributed by atoms with Gasteiger partial charge in [-0.3, -0.25) is 4.57 Å². The first-order valence-corrected chi connectivity index (χ1v) is 4.33. The van der Waals surface area contributed by atoms with Crippen LogP contribution in [-0.4, -0.2) is 50.5 Å². The number of rotatable bonds is 2. The van der Waals surface area contributed by atoms with E-state index in [1.807, 2.05) is 0 Å². The second-order valence-electron chi connectivity index (χ2n) is 1.90. The molecule has 0 saturated heterocycles. The van der Waals surface area contributed by atoms with E-state index in [1.54, 1.807) is 13.8 Å². The Morgan fingerprint density at radius 3 is 1.89 bits per heavy atom. The second kappa shape index (κ2) is 5.09. The molecule has 0 amide bonds. The average molecular weight is 180 g/mol. The average Bonchev–Trinajstić information content (AvgIpc) is 1.21. The summed E-state index contributed by atoms with van der Waals surface area (Å²) in [6.45, 7) is 4.22. The van der Waals surface area contributed by atoms with Gasteiger partial charge in [-0.2, -0.15) is 4.20 Å². The van der Waals surface area contributed by atoms with Crippen LogP contribution in [0.2, 0.25) is 0 Å². The summed E-state index contributed by atoms with van der Waals surface area (Å²) in [5, 5.41) is 0. The number of hydrogen-bond acceptors (Lipinski definition) is 2. The molecule has 52 valence electrons. The van der Waals surface area contributed by atoms with Gasteiger partial charge in [-0.05, 0) is 13.8 Å². The summed E-state index contributed by atoms with van der Waals surface area (Å²) in [6, 6.07) is 0. The van der Waals surface area contributed by atoms with Crippen molar-refractivity contribution >= 4 is 45.4 Å². The summed E-state index contributed by atoms with van der Waals surface area (Å²) in [6.07, 6.45) is -0.296. The molecular formula is C4H10CaFO2P.